The third-order valence-corrected chi connectivity index (χ3v) is 2.84. The molecule has 0 radical (unpaired) electrons. The van der Waals surface area contributed by atoms with E-state index in [2.05, 4.69) is 0 Å². The molecule has 2 aromatic carbocycles. The van der Waals surface area contributed by atoms with Crippen LogP contribution in [-0.4, -0.2) is 10.2 Å². The molecule has 0 heterocycles. The van der Waals surface area contributed by atoms with Gasteiger partial charge in [0.05, 0.1) is 6.61 Å². The third kappa shape index (κ3) is 3.33. The van der Waals surface area contributed by atoms with Crippen LogP contribution in [0.2, 0.25) is 0 Å². The molecule has 0 fully saturated rings. The largest absolute Gasteiger partial charge is 0.508 e. The van der Waals surface area contributed by atoms with E-state index in [-0.39, 0.29) is 6.61 Å². The molecule has 0 atom stereocenters. The van der Waals surface area contributed by atoms with Crippen molar-refractivity contribution in [1.29, 1.82) is 0 Å². The summed E-state index contributed by atoms with van der Waals surface area (Å²) in [6, 6.07) is 15.3. The molecule has 2 N–H and O–H groups in total. The molecule has 0 aromatic heterocycles. The summed E-state index contributed by atoms with van der Waals surface area (Å²) in [5.74, 6) is 0.307. The van der Waals surface area contributed by atoms with Gasteiger partial charge >= 0.3 is 0 Å². The Kier molecular flexibility index (Phi) is 3.78. The van der Waals surface area contributed by atoms with E-state index in [1.807, 2.05) is 36.4 Å². The molecule has 0 aliphatic heterocycles. The zero-order valence-electron chi connectivity index (χ0n) is 9.63. The second-order valence-corrected chi connectivity index (χ2v) is 4.14. The van der Waals surface area contributed by atoms with Crippen LogP contribution < -0.4 is 0 Å². The molecule has 0 amide bonds. The zero-order chi connectivity index (χ0) is 12.1. The summed E-state index contributed by atoms with van der Waals surface area (Å²) in [6.07, 6.45) is 1.93. The van der Waals surface area contributed by atoms with Crippen LogP contribution in [0.15, 0.2) is 48.5 Å². The Morgan fingerprint density at radius 2 is 1.06 bits per heavy atom. The highest BCUT2D eigenvalue weighted by Crippen LogP contribution is 2.13. The van der Waals surface area contributed by atoms with E-state index in [1.165, 1.54) is 11.1 Å². The van der Waals surface area contributed by atoms with Gasteiger partial charge in [-0.2, -0.15) is 0 Å². The number of hydrogen-bond acceptors (Lipinski definition) is 2. The van der Waals surface area contributed by atoms with Crippen LogP contribution in [0.3, 0.4) is 0 Å². The maximum Gasteiger partial charge on any atom is 0.115 e. The lowest BCUT2D eigenvalue weighted by atomic mass is 10.0. The van der Waals surface area contributed by atoms with Gasteiger partial charge in [0.15, 0.2) is 0 Å². The van der Waals surface area contributed by atoms with Gasteiger partial charge < -0.3 is 10.2 Å². The van der Waals surface area contributed by atoms with Crippen molar-refractivity contribution in [2.75, 3.05) is 0 Å². The number of aliphatic hydroxyl groups is 1. The van der Waals surface area contributed by atoms with Crippen LogP contribution in [0.5, 0.6) is 5.75 Å². The molecule has 2 heteroatoms. The molecule has 0 aliphatic carbocycles. The first-order valence-corrected chi connectivity index (χ1v) is 5.74. The van der Waals surface area contributed by atoms with E-state index in [9.17, 15) is 5.11 Å². The predicted octanol–water partition coefficient (Wildman–Crippen LogP) is 2.67. The summed E-state index contributed by atoms with van der Waals surface area (Å²) >= 11 is 0. The second-order valence-electron chi connectivity index (χ2n) is 4.14. The van der Waals surface area contributed by atoms with E-state index < -0.39 is 0 Å². The van der Waals surface area contributed by atoms with Crippen LogP contribution in [0, 0.1) is 0 Å². The van der Waals surface area contributed by atoms with Crippen LogP contribution in [-0.2, 0) is 19.4 Å². The average Bonchev–Trinajstić information content (AvgIpc) is 2.39. The van der Waals surface area contributed by atoms with E-state index in [0.717, 1.165) is 18.4 Å². The van der Waals surface area contributed by atoms with Gasteiger partial charge in [0, 0.05) is 0 Å². The highest BCUT2D eigenvalue weighted by atomic mass is 16.3. The SMILES string of the molecule is OCc1ccc(CCc2ccc(O)cc2)cc1. The number of aryl methyl sites for hydroxylation is 2. The number of hydrogen-bond donors (Lipinski definition) is 2. The highest BCUT2D eigenvalue weighted by Gasteiger charge is 1.97. The number of rotatable bonds is 4. The van der Waals surface area contributed by atoms with Crippen LogP contribution in [0.1, 0.15) is 16.7 Å². The minimum Gasteiger partial charge on any atom is -0.508 e. The standard InChI is InChI=1S/C15H16O2/c16-11-14-5-3-12(4-6-14)1-2-13-7-9-15(17)10-8-13/h3-10,16-17H,1-2,11H2. The van der Waals surface area contributed by atoms with Crippen molar-refractivity contribution in [2.24, 2.45) is 0 Å². The maximum absolute atomic E-state index is 9.18. The number of phenolic OH excluding ortho intramolecular Hbond substituents is 1. The monoisotopic (exact) mass is 228 g/mol. The number of aromatic hydroxyl groups is 1. The fourth-order valence-electron chi connectivity index (χ4n) is 1.76. The molecule has 2 rings (SSSR count). The quantitative estimate of drug-likeness (QED) is 0.844. The lowest BCUT2D eigenvalue weighted by Crippen LogP contribution is -1.92. The van der Waals surface area contributed by atoms with Crippen molar-refractivity contribution in [1.82, 2.24) is 0 Å². The Morgan fingerprint density at radius 3 is 1.53 bits per heavy atom. The summed E-state index contributed by atoms with van der Waals surface area (Å²) in [6.45, 7) is 0.0955. The van der Waals surface area contributed by atoms with Crippen molar-refractivity contribution >= 4 is 0 Å². The maximum atomic E-state index is 9.18. The smallest absolute Gasteiger partial charge is 0.115 e. The average molecular weight is 228 g/mol. The van der Waals surface area contributed by atoms with Gasteiger partial charge in [-0.25, -0.2) is 0 Å². The number of phenols is 1. The van der Waals surface area contributed by atoms with Crippen LogP contribution in [0.4, 0.5) is 0 Å². The molecular weight excluding hydrogens is 212 g/mol. The normalized spacial score (nSPS) is 10.4. The highest BCUT2D eigenvalue weighted by molar-refractivity contribution is 5.27. The molecular formula is C15H16O2. The third-order valence-electron chi connectivity index (χ3n) is 2.84. The second kappa shape index (κ2) is 5.51. The fourth-order valence-corrected chi connectivity index (χ4v) is 1.76. The van der Waals surface area contributed by atoms with Crippen molar-refractivity contribution in [2.45, 2.75) is 19.4 Å². The summed E-state index contributed by atoms with van der Waals surface area (Å²) in [5, 5.41) is 18.1. The number of aliphatic hydroxyl groups excluding tert-OH is 1. The molecule has 0 saturated heterocycles. The van der Waals surface area contributed by atoms with Crippen molar-refractivity contribution in [3.8, 4) is 5.75 Å². The van der Waals surface area contributed by atoms with Gasteiger partial charge in [-0.15, -0.1) is 0 Å². The van der Waals surface area contributed by atoms with Gasteiger partial charge in [-0.05, 0) is 41.7 Å². The predicted molar refractivity (Wildman–Crippen MR) is 67.9 cm³/mol. The zero-order valence-corrected chi connectivity index (χ0v) is 9.63. The van der Waals surface area contributed by atoms with Crippen molar-refractivity contribution < 1.29 is 10.2 Å². The van der Waals surface area contributed by atoms with E-state index in [4.69, 9.17) is 5.11 Å². The van der Waals surface area contributed by atoms with Gasteiger partial charge in [-0.1, -0.05) is 36.4 Å². The molecule has 2 nitrogen and oxygen atoms in total. The van der Waals surface area contributed by atoms with Crippen LogP contribution >= 0.6 is 0 Å². The fraction of sp³-hybridized carbons (Fsp3) is 0.200. The van der Waals surface area contributed by atoms with E-state index in [0.29, 0.717) is 5.75 Å². The molecule has 0 bridgehead atoms. The summed E-state index contributed by atoms with van der Waals surface area (Å²) in [4.78, 5) is 0. The molecule has 0 spiro atoms. The van der Waals surface area contributed by atoms with Gasteiger partial charge in [0.2, 0.25) is 0 Å². The first kappa shape index (κ1) is 11.7. The Labute approximate surface area is 101 Å². The Bertz CT molecular complexity index is 457. The first-order chi connectivity index (χ1) is 8.28. The van der Waals surface area contributed by atoms with Gasteiger partial charge in [0.25, 0.3) is 0 Å². The molecule has 0 aliphatic rings. The Hall–Kier alpha value is -1.80. The Morgan fingerprint density at radius 1 is 0.647 bits per heavy atom. The molecule has 2 aromatic rings. The minimum atomic E-state index is 0.0955. The molecule has 88 valence electrons. The molecule has 0 saturated carbocycles. The lowest BCUT2D eigenvalue weighted by molar-refractivity contribution is 0.282. The van der Waals surface area contributed by atoms with Crippen molar-refractivity contribution in [3.05, 3.63) is 65.2 Å². The molecule has 17 heavy (non-hydrogen) atoms. The topological polar surface area (TPSA) is 40.5 Å². The van der Waals surface area contributed by atoms with E-state index in [1.54, 1.807) is 12.1 Å². The number of benzene rings is 2. The van der Waals surface area contributed by atoms with Crippen LogP contribution in [0.25, 0.3) is 0 Å². The summed E-state index contributed by atoms with van der Waals surface area (Å²) < 4.78 is 0. The summed E-state index contributed by atoms with van der Waals surface area (Å²) in [7, 11) is 0. The summed E-state index contributed by atoms with van der Waals surface area (Å²) in [5.41, 5.74) is 3.42. The minimum absolute atomic E-state index is 0.0955. The van der Waals surface area contributed by atoms with Crippen molar-refractivity contribution in [3.63, 3.8) is 0 Å². The van der Waals surface area contributed by atoms with Gasteiger partial charge in [-0.3, -0.25) is 0 Å². The Balaban J connectivity index is 1.95. The molecule has 0 unspecified atom stereocenters. The van der Waals surface area contributed by atoms with E-state index >= 15 is 0 Å². The lowest BCUT2D eigenvalue weighted by Gasteiger charge is -2.03. The first-order valence-electron chi connectivity index (χ1n) is 5.74. The van der Waals surface area contributed by atoms with Gasteiger partial charge in [0.1, 0.15) is 5.75 Å².